The summed E-state index contributed by atoms with van der Waals surface area (Å²) >= 11 is 1.83. The molecule has 1 aromatic carbocycles. The first-order valence-electron chi connectivity index (χ1n) is 7.30. The maximum Gasteiger partial charge on any atom is 0.269 e. The van der Waals surface area contributed by atoms with Gasteiger partial charge in [-0.25, -0.2) is 4.99 Å². The van der Waals surface area contributed by atoms with Gasteiger partial charge in [-0.05, 0) is 37.8 Å². The molecule has 0 spiro atoms. The first kappa shape index (κ1) is 18.3. The SMILES string of the molecule is CSCCCNC(=NCc1ccc([N+](=O)[O-])cc1)NC(C)C. The maximum atomic E-state index is 10.6. The molecule has 0 heterocycles. The van der Waals surface area contributed by atoms with Crippen molar-refractivity contribution in [3.8, 4) is 0 Å². The van der Waals surface area contributed by atoms with E-state index in [0.29, 0.717) is 12.6 Å². The normalized spacial score (nSPS) is 11.5. The maximum absolute atomic E-state index is 10.6. The van der Waals surface area contributed by atoms with Crippen LogP contribution in [0.2, 0.25) is 0 Å². The molecule has 1 aromatic rings. The molecule has 2 N–H and O–H groups in total. The van der Waals surface area contributed by atoms with Crippen LogP contribution >= 0.6 is 11.8 Å². The molecule has 0 unspecified atom stereocenters. The summed E-state index contributed by atoms with van der Waals surface area (Å²) in [7, 11) is 0. The van der Waals surface area contributed by atoms with Gasteiger partial charge in [0.2, 0.25) is 0 Å². The number of nitrogens with zero attached hydrogens (tertiary/aromatic N) is 2. The van der Waals surface area contributed by atoms with E-state index in [1.807, 2.05) is 11.8 Å². The van der Waals surface area contributed by atoms with Gasteiger partial charge < -0.3 is 10.6 Å². The largest absolute Gasteiger partial charge is 0.356 e. The van der Waals surface area contributed by atoms with Gasteiger partial charge in [-0.3, -0.25) is 10.1 Å². The number of benzene rings is 1. The predicted molar refractivity (Wildman–Crippen MR) is 93.5 cm³/mol. The van der Waals surface area contributed by atoms with Gasteiger partial charge in [0.1, 0.15) is 0 Å². The highest BCUT2D eigenvalue weighted by atomic mass is 32.2. The van der Waals surface area contributed by atoms with Crippen molar-refractivity contribution in [1.29, 1.82) is 0 Å². The third-order valence-electron chi connectivity index (χ3n) is 2.81. The Balaban J connectivity index is 2.60. The molecule has 0 aliphatic heterocycles. The average molecular weight is 324 g/mol. The Morgan fingerprint density at radius 1 is 1.36 bits per heavy atom. The Hall–Kier alpha value is -1.76. The van der Waals surface area contributed by atoms with E-state index in [0.717, 1.165) is 30.2 Å². The van der Waals surface area contributed by atoms with Crippen LogP contribution < -0.4 is 10.6 Å². The van der Waals surface area contributed by atoms with Gasteiger partial charge in [0.25, 0.3) is 5.69 Å². The fraction of sp³-hybridized carbons (Fsp3) is 0.533. The molecule has 0 amide bonds. The van der Waals surface area contributed by atoms with Gasteiger partial charge in [0.15, 0.2) is 5.96 Å². The summed E-state index contributed by atoms with van der Waals surface area (Å²) < 4.78 is 0. The number of rotatable bonds is 8. The van der Waals surface area contributed by atoms with Gasteiger partial charge in [-0.15, -0.1) is 0 Å². The van der Waals surface area contributed by atoms with Gasteiger partial charge in [0.05, 0.1) is 11.5 Å². The number of nitro groups is 1. The van der Waals surface area contributed by atoms with E-state index in [1.54, 1.807) is 12.1 Å². The lowest BCUT2D eigenvalue weighted by atomic mass is 10.2. The summed E-state index contributed by atoms with van der Waals surface area (Å²) in [5, 5.41) is 17.2. The molecule has 0 fully saturated rings. The van der Waals surface area contributed by atoms with Gasteiger partial charge >= 0.3 is 0 Å². The number of nitro benzene ring substituents is 1. The third kappa shape index (κ3) is 7.31. The summed E-state index contributed by atoms with van der Waals surface area (Å²) in [6, 6.07) is 6.78. The second-order valence-electron chi connectivity index (χ2n) is 5.16. The number of nitrogens with one attached hydrogen (secondary N) is 2. The minimum atomic E-state index is -0.397. The molecule has 0 radical (unpaired) electrons. The molecule has 22 heavy (non-hydrogen) atoms. The lowest BCUT2D eigenvalue weighted by Gasteiger charge is -2.15. The van der Waals surface area contributed by atoms with Crippen molar-refractivity contribution >= 4 is 23.4 Å². The van der Waals surface area contributed by atoms with Crippen molar-refractivity contribution in [2.45, 2.75) is 32.9 Å². The minimum absolute atomic E-state index is 0.100. The van der Waals surface area contributed by atoms with Crippen LogP contribution in [0.25, 0.3) is 0 Å². The Morgan fingerprint density at radius 2 is 2.05 bits per heavy atom. The van der Waals surface area contributed by atoms with Crippen LogP contribution in [0.15, 0.2) is 29.3 Å². The van der Waals surface area contributed by atoms with Gasteiger partial charge in [-0.1, -0.05) is 12.1 Å². The van der Waals surface area contributed by atoms with Crippen molar-refractivity contribution in [1.82, 2.24) is 10.6 Å². The highest BCUT2D eigenvalue weighted by Gasteiger charge is 2.04. The smallest absolute Gasteiger partial charge is 0.269 e. The summed E-state index contributed by atoms with van der Waals surface area (Å²) in [6.07, 6.45) is 3.17. The van der Waals surface area contributed by atoms with Crippen molar-refractivity contribution in [3.63, 3.8) is 0 Å². The molecule has 0 saturated heterocycles. The second-order valence-corrected chi connectivity index (χ2v) is 6.15. The standard InChI is InChI=1S/C15H24N4O2S/c1-12(2)18-15(16-9-4-10-22-3)17-11-13-5-7-14(8-6-13)19(20)21/h5-8,12H,4,9-11H2,1-3H3,(H2,16,17,18). The molecular formula is C15H24N4O2S. The number of hydrogen-bond donors (Lipinski definition) is 2. The van der Waals surface area contributed by atoms with Crippen molar-refractivity contribution in [2.75, 3.05) is 18.6 Å². The highest BCUT2D eigenvalue weighted by molar-refractivity contribution is 7.98. The second kappa shape index (κ2) is 10.0. The van der Waals surface area contributed by atoms with E-state index >= 15 is 0 Å². The van der Waals surface area contributed by atoms with E-state index in [4.69, 9.17) is 0 Å². The Morgan fingerprint density at radius 3 is 2.59 bits per heavy atom. The van der Waals surface area contributed by atoms with Crippen molar-refractivity contribution in [3.05, 3.63) is 39.9 Å². The zero-order valence-corrected chi connectivity index (χ0v) is 14.2. The fourth-order valence-electron chi connectivity index (χ4n) is 1.74. The quantitative estimate of drug-likeness (QED) is 0.253. The summed E-state index contributed by atoms with van der Waals surface area (Å²) in [5.41, 5.74) is 1.04. The van der Waals surface area contributed by atoms with Crippen LogP contribution in [0.5, 0.6) is 0 Å². The van der Waals surface area contributed by atoms with Gasteiger partial charge in [-0.2, -0.15) is 11.8 Å². The molecule has 0 aromatic heterocycles. The lowest BCUT2D eigenvalue weighted by Crippen LogP contribution is -2.41. The van der Waals surface area contributed by atoms with E-state index in [-0.39, 0.29) is 5.69 Å². The topological polar surface area (TPSA) is 79.6 Å². The average Bonchev–Trinajstić information content (AvgIpc) is 2.48. The van der Waals surface area contributed by atoms with E-state index in [2.05, 4.69) is 35.7 Å². The fourth-order valence-corrected chi connectivity index (χ4v) is 2.18. The van der Waals surface area contributed by atoms with E-state index in [9.17, 15) is 10.1 Å². The van der Waals surface area contributed by atoms with Gasteiger partial charge in [0, 0.05) is 24.7 Å². The van der Waals surface area contributed by atoms with Crippen molar-refractivity contribution < 1.29 is 4.92 Å². The molecule has 0 aliphatic carbocycles. The number of thioether (sulfide) groups is 1. The van der Waals surface area contributed by atoms with Crippen LogP contribution in [-0.4, -0.2) is 35.5 Å². The van der Waals surface area contributed by atoms with Crippen LogP contribution in [-0.2, 0) is 6.54 Å². The monoisotopic (exact) mass is 324 g/mol. The number of guanidine groups is 1. The van der Waals surface area contributed by atoms with E-state index < -0.39 is 4.92 Å². The number of non-ortho nitro benzene ring substituents is 1. The lowest BCUT2D eigenvalue weighted by molar-refractivity contribution is -0.384. The molecule has 0 atom stereocenters. The Bertz CT molecular complexity index is 489. The molecular weight excluding hydrogens is 300 g/mol. The summed E-state index contributed by atoms with van der Waals surface area (Å²) in [5.74, 6) is 1.89. The zero-order chi connectivity index (χ0) is 16.4. The minimum Gasteiger partial charge on any atom is -0.356 e. The molecule has 0 saturated carbocycles. The zero-order valence-electron chi connectivity index (χ0n) is 13.3. The Kier molecular flexibility index (Phi) is 8.35. The number of aliphatic imine (C=N–C) groups is 1. The highest BCUT2D eigenvalue weighted by Crippen LogP contribution is 2.12. The number of hydrogen-bond acceptors (Lipinski definition) is 4. The molecule has 0 bridgehead atoms. The Labute approximate surface area is 135 Å². The molecule has 7 heteroatoms. The van der Waals surface area contributed by atoms with Crippen LogP contribution in [0.4, 0.5) is 5.69 Å². The predicted octanol–water partition coefficient (Wildman–Crippen LogP) is 2.79. The summed E-state index contributed by atoms with van der Waals surface area (Å²) in [4.78, 5) is 14.8. The summed E-state index contributed by atoms with van der Waals surface area (Å²) in [6.45, 7) is 5.48. The third-order valence-corrected chi connectivity index (χ3v) is 3.51. The van der Waals surface area contributed by atoms with Crippen LogP contribution in [0.3, 0.4) is 0 Å². The molecule has 1 rings (SSSR count). The first-order valence-corrected chi connectivity index (χ1v) is 8.69. The van der Waals surface area contributed by atoms with Crippen LogP contribution in [0.1, 0.15) is 25.8 Å². The molecule has 0 aliphatic rings. The molecule has 122 valence electrons. The first-order chi connectivity index (χ1) is 10.5. The molecule has 6 nitrogen and oxygen atoms in total. The van der Waals surface area contributed by atoms with E-state index in [1.165, 1.54) is 12.1 Å². The van der Waals surface area contributed by atoms with Crippen LogP contribution in [0, 0.1) is 10.1 Å². The van der Waals surface area contributed by atoms with Crippen molar-refractivity contribution in [2.24, 2.45) is 4.99 Å².